The number of rotatable bonds is 6. The van der Waals surface area contributed by atoms with Gasteiger partial charge in [0.05, 0.1) is 7.11 Å². The molecule has 0 amide bonds. The van der Waals surface area contributed by atoms with Crippen LogP contribution in [0, 0.1) is 0 Å². The minimum atomic E-state index is -0.831. The van der Waals surface area contributed by atoms with Crippen molar-refractivity contribution >= 4 is 12.6 Å². The standard InChI is InChI=1S/C11H17BO3/c1-3-4-9-15-12(13)10-5-7-11(14-2)8-6-10/h5-8,13H,3-4,9H2,1-2H3. The van der Waals surface area contributed by atoms with Crippen molar-refractivity contribution in [3.05, 3.63) is 24.3 Å². The van der Waals surface area contributed by atoms with Crippen molar-refractivity contribution in [2.75, 3.05) is 13.7 Å². The summed E-state index contributed by atoms with van der Waals surface area (Å²) in [6.45, 7) is 2.67. The molecule has 1 aromatic carbocycles. The van der Waals surface area contributed by atoms with E-state index in [1.807, 2.05) is 12.1 Å². The smallest absolute Gasteiger partial charge is 0.491 e. The highest BCUT2D eigenvalue weighted by Gasteiger charge is 2.15. The van der Waals surface area contributed by atoms with Gasteiger partial charge in [-0.3, -0.25) is 0 Å². The first kappa shape index (κ1) is 12.1. The van der Waals surface area contributed by atoms with Crippen LogP contribution in [0.3, 0.4) is 0 Å². The van der Waals surface area contributed by atoms with E-state index in [1.54, 1.807) is 19.2 Å². The maximum absolute atomic E-state index is 9.65. The fraction of sp³-hybridized carbons (Fsp3) is 0.455. The molecule has 0 atom stereocenters. The van der Waals surface area contributed by atoms with Gasteiger partial charge in [-0.15, -0.1) is 0 Å². The van der Waals surface area contributed by atoms with Gasteiger partial charge in [-0.2, -0.15) is 0 Å². The van der Waals surface area contributed by atoms with Gasteiger partial charge in [0, 0.05) is 6.61 Å². The number of methoxy groups -OCH3 is 1. The highest BCUT2D eigenvalue weighted by atomic mass is 16.5. The zero-order chi connectivity index (χ0) is 11.1. The lowest BCUT2D eigenvalue weighted by molar-refractivity contribution is 0.264. The number of hydrogen-bond donors (Lipinski definition) is 1. The maximum atomic E-state index is 9.65. The first-order valence-electron chi connectivity index (χ1n) is 5.21. The third-order valence-corrected chi connectivity index (χ3v) is 2.17. The zero-order valence-corrected chi connectivity index (χ0v) is 9.27. The van der Waals surface area contributed by atoms with E-state index in [0.717, 1.165) is 24.1 Å². The van der Waals surface area contributed by atoms with Gasteiger partial charge in [0.25, 0.3) is 0 Å². The van der Waals surface area contributed by atoms with E-state index in [4.69, 9.17) is 9.39 Å². The summed E-state index contributed by atoms with van der Waals surface area (Å²) in [6.07, 6.45) is 2.03. The van der Waals surface area contributed by atoms with Gasteiger partial charge < -0.3 is 14.4 Å². The summed E-state index contributed by atoms with van der Waals surface area (Å²) in [5.41, 5.74) is 0.756. The molecule has 0 unspecified atom stereocenters. The second-order valence-corrected chi connectivity index (χ2v) is 3.35. The molecule has 1 aromatic rings. The Bertz CT molecular complexity index is 274. The van der Waals surface area contributed by atoms with Crippen LogP contribution >= 0.6 is 0 Å². The normalized spacial score (nSPS) is 10.1. The SMILES string of the molecule is CCCCOB(O)c1ccc(OC)cc1. The van der Waals surface area contributed by atoms with Crippen molar-refractivity contribution < 1.29 is 14.4 Å². The van der Waals surface area contributed by atoms with Crippen LogP contribution in [-0.2, 0) is 4.65 Å². The summed E-state index contributed by atoms with van der Waals surface area (Å²) in [5.74, 6) is 0.777. The lowest BCUT2D eigenvalue weighted by atomic mass is 9.79. The molecule has 0 aliphatic heterocycles. The predicted octanol–water partition coefficient (Wildman–Crippen LogP) is 1.20. The summed E-state index contributed by atoms with van der Waals surface area (Å²) in [6, 6.07) is 7.22. The second kappa shape index (κ2) is 6.48. The van der Waals surface area contributed by atoms with E-state index in [9.17, 15) is 5.02 Å². The monoisotopic (exact) mass is 208 g/mol. The van der Waals surface area contributed by atoms with Crippen LogP contribution in [0.2, 0.25) is 0 Å². The summed E-state index contributed by atoms with van der Waals surface area (Å²) in [4.78, 5) is 0. The molecule has 1 rings (SSSR count). The van der Waals surface area contributed by atoms with Crippen LogP contribution in [0.5, 0.6) is 5.75 Å². The van der Waals surface area contributed by atoms with E-state index >= 15 is 0 Å². The Morgan fingerprint density at radius 1 is 1.27 bits per heavy atom. The Hall–Kier alpha value is -0.995. The molecule has 15 heavy (non-hydrogen) atoms. The summed E-state index contributed by atoms with van der Waals surface area (Å²) >= 11 is 0. The average molecular weight is 208 g/mol. The molecule has 0 aliphatic carbocycles. The van der Waals surface area contributed by atoms with Crippen LogP contribution < -0.4 is 10.2 Å². The van der Waals surface area contributed by atoms with Crippen LogP contribution in [0.1, 0.15) is 19.8 Å². The van der Waals surface area contributed by atoms with Crippen LogP contribution in [0.15, 0.2) is 24.3 Å². The first-order valence-corrected chi connectivity index (χ1v) is 5.21. The molecular formula is C11H17BO3. The quantitative estimate of drug-likeness (QED) is 0.563. The van der Waals surface area contributed by atoms with Gasteiger partial charge in [-0.05, 0) is 24.0 Å². The molecule has 0 spiro atoms. The molecule has 0 aliphatic rings. The van der Waals surface area contributed by atoms with E-state index in [0.29, 0.717) is 6.61 Å². The van der Waals surface area contributed by atoms with Crippen molar-refractivity contribution in [3.8, 4) is 5.75 Å². The Morgan fingerprint density at radius 2 is 1.93 bits per heavy atom. The van der Waals surface area contributed by atoms with E-state index < -0.39 is 7.12 Å². The van der Waals surface area contributed by atoms with Crippen molar-refractivity contribution in [1.29, 1.82) is 0 Å². The van der Waals surface area contributed by atoms with Gasteiger partial charge in [-0.1, -0.05) is 25.5 Å². The molecule has 0 aromatic heterocycles. The van der Waals surface area contributed by atoms with Crippen LogP contribution in [0.4, 0.5) is 0 Å². The summed E-state index contributed by atoms with van der Waals surface area (Å²) < 4.78 is 10.3. The van der Waals surface area contributed by atoms with Crippen molar-refractivity contribution in [2.45, 2.75) is 19.8 Å². The number of unbranched alkanes of at least 4 members (excludes halogenated alkanes) is 1. The molecule has 0 radical (unpaired) electrons. The first-order chi connectivity index (χ1) is 7.27. The van der Waals surface area contributed by atoms with Crippen molar-refractivity contribution in [1.82, 2.24) is 0 Å². The van der Waals surface area contributed by atoms with Crippen molar-refractivity contribution in [3.63, 3.8) is 0 Å². The fourth-order valence-electron chi connectivity index (χ4n) is 1.20. The molecule has 0 fully saturated rings. The van der Waals surface area contributed by atoms with Gasteiger partial charge in [0.15, 0.2) is 0 Å². The number of benzene rings is 1. The minimum absolute atomic E-state index is 0.587. The average Bonchev–Trinajstić information content (AvgIpc) is 2.29. The molecule has 1 N–H and O–H groups in total. The van der Waals surface area contributed by atoms with Crippen LogP contribution in [-0.4, -0.2) is 25.9 Å². The number of hydrogen-bond acceptors (Lipinski definition) is 3. The Labute approximate surface area is 91.2 Å². The Morgan fingerprint density at radius 3 is 2.47 bits per heavy atom. The minimum Gasteiger partial charge on any atom is -0.497 e. The maximum Gasteiger partial charge on any atom is 0.491 e. The third-order valence-electron chi connectivity index (χ3n) is 2.17. The van der Waals surface area contributed by atoms with E-state index in [-0.39, 0.29) is 0 Å². The fourth-order valence-corrected chi connectivity index (χ4v) is 1.20. The lowest BCUT2D eigenvalue weighted by Crippen LogP contribution is -2.33. The number of ether oxygens (including phenoxy) is 1. The molecule has 0 bridgehead atoms. The van der Waals surface area contributed by atoms with Crippen LogP contribution in [0.25, 0.3) is 0 Å². The third kappa shape index (κ3) is 3.94. The lowest BCUT2D eigenvalue weighted by Gasteiger charge is -2.08. The zero-order valence-electron chi connectivity index (χ0n) is 9.27. The Kier molecular flexibility index (Phi) is 5.22. The second-order valence-electron chi connectivity index (χ2n) is 3.35. The Balaban J connectivity index is 2.46. The molecule has 3 nitrogen and oxygen atoms in total. The highest BCUT2D eigenvalue weighted by molar-refractivity contribution is 6.59. The molecular weight excluding hydrogens is 191 g/mol. The molecule has 0 saturated heterocycles. The van der Waals surface area contributed by atoms with Gasteiger partial charge in [-0.25, -0.2) is 0 Å². The van der Waals surface area contributed by atoms with Gasteiger partial charge >= 0.3 is 7.12 Å². The molecule has 0 saturated carbocycles. The topological polar surface area (TPSA) is 38.7 Å². The molecule has 0 heterocycles. The van der Waals surface area contributed by atoms with Gasteiger partial charge in [0.1, 0.15) is 5.75 Å². The van der Waals surface area contributed by atoms with Crippen molar-refractivity contribution in [2.24, 2.45) is 0 Å². The summed E-state index contributed by atoms with van der Waals surface area (Å²) in [7, 11) is 0.783. The predicted molar refractivity (Wildman–Crippen MR) is 61.5 cm³/mol. The largest absolute Gasteiger partial charge is 0.497 e. The van der Waals surface area contributed by atoms with Gasteiger partial charge in [0.2, 0.25) is 0 Å². The van der Waals surface area contributed by atoms with E-state index in [1.165, 1.54) is 0 Å². The van der Waals surface area contributed by atoms with E-state index in [2.05, 4.69) is 6.92 Å². The summed E-state index contributed by atoms with van der Waals surface area (Å²) in [5, 5.41) is 9.65. The molecule has 4 heteroatoms. The molecule has 82 valence electrons. The highest BCUT2D eigenvalue weighted by Crippen LogP contribution is 2.06.